The van der Waals surface area contributed by atoms with Gasteiger partial charge in [0.2, 0.25) is 0 Å². The van der Waals surface area contributed by atoms with Gasteiger partial charge in [0.05, 0.1) is 13.2 Å². The first-order chi connectivity index (χ1) is 8.39. The summed E-state index contributed by atoms with van der Waals surface area (Å²) in [4.78, 5) is 25.3. The highest BCUT2D eigenvalue weighted by atomic mass is 16.6. The lowest BCUT2D eigenvalue weighted by molar-refractivity contribution is -0.133. The zero-order chi connectivity index (χ0) is 13.4. The van der Waals surface area contributed by atoms with Crippen molar-refractivity contribution in [1.29, 1.82) is 0 Å². The number of rotatable bonds is 2. The van der Waals surface area contributed by atoms with Crippen molar-refractivity contribution in [2.24, 2.45) is 5.92 Å². The second-order valence-electron chi connectivity index (χ2n) is 6.07. The van der Waals surface area contributed by atoms with E-state index >= 15 is 0 Å². The van der Waals surface area contributed by atoms with Gasteiger partial charge in [0.25, 0.3) is 0 Å². The van der Waals surface area contributed by atoms with E-state index in [4.69, 9.17) is 9.47 Å². The Morgan fingerprint density at radius 1 is 1.44 bits per heavy atom. The summed E-state index contributed by atoms with van der Waals surface area (Å²) in [6, 6.07) is 0. The van der Waals surface area contributed by atoms with Gasteiger partial charge in [0.15, 0.2) is 0 Å². The molecular formula is C13H21NO4. The molecule has 1 saturated carbocycles. The van der Waals surface area contributed by atoms with Crippen LogP contribution in [-0.4, -0.2) is 48.2 Å². The van der Waals surface area contributed by atoms with E-state index in [1.807, 2.05) is 20.8 Å². The van der Waals surface area contributed by atoms with E-state index in [1.54, 1.807) is 4.90 Å². The minimum atomic E-state index is -0.805. The summed E-state index contributed by atoms with van der Waals surface area (Å²) >= 11 is 0. The van der Waals surface area contributed by atoms with Crippen molar-refractivity contribution in [3.63, 3.8) is 0 Å². The molecule has 5 nitrogen and oxygen atoms in total. The maximum atomic E-state index is 12.2. The largest absolute Gasteiger partial charge is 0.444 e. The van der Waals surface area contributed by atoms with Crippen LogP contribution in [0.1, 0.15) is 33.6 Å². The zero-order valence-corrected chi connectivity index (χ0v) is 11.3. The van der Waals surface area contributed by atoms with Crippen LogP contribution in [0.4, 0.5) is 4.79 Å². The van der Waals surface area contributed by atoms with E-state index in [9.17, 15) is 9.59 Å². The lowest BCUT2D eigenvalue weighted by atomic mass is 9.93. The molecular weight excluding hydrogens is 234 g/mol. The van der Waals surface area contributed by atoms with Crippen LogP contribution in [0.2, 0.25) is 0 Å². The third-order valence-corrected chi connectivity index (χ3v) is 3.40. The number of amides is 1. The molecule has 2 fully saturated rings. The first-order valence-electron chi connectivity index (χ1n) is 6.44. The van der Waals surface area contributed by atoms with Crippen LogP contribution in [0.5, 0.6) is 0 Å². The van der Waals surface area contributed by atoms with Crippen LogP contribution in [0, 0.1) is 5.92 Å². The van der Waals surface area contributed by atoms with Crippen molar-refractivity contribution in [2.75, 3.05) is 19.8 Å². The van der Waals surface area contributed by atoms with Crippen LogP contribution in [0.15, 0.2) is 0 Å². The molecule has 0 aromatic rings. The van der Waals surface area contributed by atoms with Gasteiger partial charge in [-0.05, 0) is 39.5 Å². The number of carbonyl (C=O) groups is 2. The lowest BCUT2D eigenvalue weighted by Crippen LogP contribution is -2.62. The minimum absolute atomic E-state index is 0.225. The third kappa shape index (κ3) is 2.51. The molecule has 1 aliphatic heterocycles. The second kappa shape index (κ2) is 4.53. The van der Waals surface area contributed by atoms with Gasteiger partial charge in [-0.25, -0.2) is 4.79 Å². The number of carbonyl (C=O) groups excluding carboxylic acids is 2. The Hall–Kier alpha value is -1.10. The fraction of sp³-hybridized carbons (Fsp3) is 0.846. The summed E-state index contributed by atoms with van der Waals surface area (Å²) in [7, 11) is 0. The topological polar surface area (TPSA) is 55.8 Å². The normalized spacial score (nSPS) is 28.9. The Morgan fingerprint density at radius 3 is 2.61 bits per heavy atom. The fourth-order valence-corrected chi connectivity index (χ4v) is 2.37. The Bertz CT molecular complexity index is 345. The summed E-state index contributed by atoms with van der Waals surface area (Å²) in [6.45, 7) is 6.65. The Balaban J connectivity index is 2.17. The van der Waals surface area contributed by atoms with Crippen molar-refractivity contribution in [2.45, 2.75) is 44.8 Å². The highest BCUT2D eigenvalue weighted by molar-refractivity contribution is 5.78. The van der Waals surface area contributed by atoms with Gasteiger partial charge >= 0.3 is 6.09 Å². The number of nitrogens with zero attached hydrogens (tertiary/aromatic N) is 1. The van der Waals surface area contributed by atoms with Crippen molar-refractivity contribution in [1.82, 2.24) is 4.90 Å². The maximum absolute atomic E-state index is 12.2. The molecule has 0 bridgehead atoms. The van der Waals surface area contributed by atoms with Crippen LogP contribution >= 0.6 is 0 Å². The molecule has 0 spiro atoms. The van der Waals surface area contributed by atoms with Gasteiger partial charge in [0, 0.05) is 6.54 Å². The molecule has 0 aromatic carbocycles. The summed E-state index contributed by atoms with van der Waals surface area (Å²) in [5.41, 5.74) is -1.35. The van der Waals surface area contributed by atoms with Crippen LogP contribution in [0.25, 0.3) is 0 Å². The van der Waals surface area contributed by atoms with Gasteiger partial charge in [-0.15, -0.1) is 0 Å². The molecule has 0 N–H and O–H groups in total. The minimum Gasteiger partial charge on any atom is -0.444 e. The molecule has 1 heterocycles. The monoisotopic (exact) mass is 255 g/mol. The predicted molar refractivity (Wildman–Crippen MR) is 65.3 cm³/mol. The summed E-state index contributed by atoms with van der Waals surface area (Å²) in [6.07, 6.45) is 2.40. The molecule has 18 heavy (non-hydrogen) atoms. The van der Waals surface area contributed by atoms with E-state index in [-0.39, 0.29) is 5.92 Å². The molecule has 0 radical (unpaired) electrons. The van der Waals surface area contributed by atoms with Crippen molar-refractivity contribution in [3.8, 4) is 0 Å². The van der Waals surface area contributed by atoms with Gasteiger partial charge < -0.3 is 14.3 Å². The molecule has 2 aliphatic rings. The Kier molecular flexibility index (Phi) is 3.36. The average Bonchev–Trinajstić information content (AvgIpc) is 3.10. The van der Waals surface area contributed by atoms with Gasteiger partial charge in [0.1, 0.15) is 17.4 Å². The zero-order valence-electron chi connectivity index (χ0n) is 11.3. The van der Waals surface area contributed by atoms with Crippen LogP contribution in [-0.2, 0) is 14.3 Å². The summed E-state index contributed by atoms with van der Waals surface area (Å²) in [5, 5.41) is 0. The van der Waals surface area contributed by atoms with E-state index in [1.165, 1.54) is 0 Å². The number of hydrogen-bond donors (Lipinski definition) is 0. The fourth-order valence-electron chi connectivity index (χ4n) is 2.37. The second-order valence-corrected chi connectivity index (χ2v) is 6.07. The summed E-state index contributed by atoms with van der Waals surface area (Å²) in [5.74, 6) is 0.225. The average molecular weight is 255 g/mol. The predicted octanol–water partition coefficient (Wildman–Crippen LogP) is 1.60. The van der Waals surface area contributed by atoms with E-state index in [2.05, 4.69) is 0 Å². The molecule has 1 aliphatic carbocycles. The third-order valence-electron chi connectivity index (χ3n) is 3.40. The van der Waals surface area contributed by atoms with Gasteiger partial charge in [-0.3, -0.25) is 4.90 Å². The smallest absolute Gasteiger partial charge is 0.411 e. The number of aldehydes is 1. The van der Waals surface area contributed by atoms with Crippen LogP contribution in [0.3, 0.4) is 0 Å². The van der Waals surface area contributed by atoms with E-state index in [0.29, 0.717) is 19.8 Å². The first kappa shape index (κ1) is 13.3. The van der Waals surface area contributed by atoms with Gasteiger partial charge in [-0.1, -0.05) is 0 Å². The molecule has 1 amide bonds. The highest BCUT2D eigenvalue weighted by Gasteiger charge is 2.53. The number of ether oxygens (including phenoxy) is 2. The van der Waals surface area contributed by atoms with E-state index < -0.39 is 17.2 Å². The Labute approximate surface area is 107 Å². The lowest BCUT2D eigenvalue weighted by Gasteiger charge is -2.43. The first-order valence-corrected chi connectivity index (χ1v) is 6.44. The van der Waals surface area contributed by atoms with Crippen molar-refractivity contribution >= 4 is 12.4 Å². The highest BCUT2D eigenvalue weighted by Crippen LogP contribution is 2.43. The molecule has 5 heteroatoms. The van der Waals surface area contributed by atoms with Gasteiger partial charge in [-0.2, -0.15) is 0 Å². The van der Waals surface area contributed by atoms with E-state index in [0.717, 1.165) is 19.1 Å². The van der Waals surface area contributed by atoms with Crippen molar-refractivity contribution in [3.05, 3.63) is 0 Å². The summed E-state index contributed by atoms with van der Waals surface area (Å²) < 4.78 is 10.8. The molecule has 0 aromatic heterocycles. The maximum Gasteiger partial charge on any atom is 0.411 e. The molecule has 1 atom stereocenters. The number of morpholine rings is 1. The molecule has 1 saturated heterocycles. The van der Waals surface area contributed by atoms with Crippen LogP contribution < -0.4 is 0 Å². The molecule has 2 rings (SSSR count). The molecule has 1 unspecified atom stereocenters. The molecule has 102 valence electrons. The quantitative estimate of drug-likeness (QED) is 0.703. The van der Waals surface area contributed by atoms with Crippen molar-refractivity contribution < 1.29 is 19.1 Å². The Morgan fingerprint density at radius 2 is 2.11 bits per heavy atom. The SMILES string of the molecule is CC(C)(C)OC(=O)N1CCOCC1(C=O)C1CC1. The number of hydrogen-bond acceptors (Lipinski definition) is 4. The standard InChI is InChI=1S/C13H21NO4/c1-12(2,3)18-11(16)14-6-7-17-9-13(14,8-15)10-4-5-10/h8,10H,4-7,9H2,1-3H3.